The number of nitrogens with two attached hydrogens (primary N) is 1. The molecule has 1 heterocycles. The van der Waals surface area contributed by atoms with Gasteiger partial charge in [0.05, 0.1) is 17.9 Å². The van der Waals surface area contributed by atoms with Crippen molar-refractivity contribution < 1.29 is 23.1 Å². The first-order valence-corrected chi connectivity index (χ1v) is 5.52. The van der Waals surface area contributed by atoms with E-state index in [0.717, 1.165) is 0 Å². The summed E-state index contributed by atoms with van der Waals surface area (Å²) >= 11 is 0. The second kappa shape index (κ2) is 5.47. The number of hydrogen-bond acceptors (Lipinski definition) is 4. The number of carbonyl (C=O) groups excluding carboxylic acids is 1. The second-order valence-electron chi connectivity index (χ2n) is 3.95. The number of amides is 1. The number of nitrogens with zero attached hydrogens (tertiary/aromatic N) is 2. The van der Waals surface area contributed by atoms with E-state index in [4.69, 9.17) is 10.8 Å². The first kappa shape index (κ1) is 15.3. The van der Waals surface area contributed by atoms with Gasteiger partial charge in [-0.25, -0.2) is 0 Å². The van der Waals surface area contributed by atoms with Gasteiger partial charge in [0.1, 0.15) is 5.69 Å². The zero-order valence-electron chi connectivity index (χ0n) is 10.5. The van der Waals surface area contributed by atoms with Gasteiger partial charge in [0, 0.05) is 7.05 Å². The number of anilines is 1. The van der Waals surface area contributed by atoms with Crippen LogP contribution < -0.4 is 11.1 Å². The third-order valence-electron chi connectivity index (χ3n) is 2.54. The maximum atomic E-state index is 12.1. The number of aliphatic hydroxyl groups excluding tert-OH is 1. The number of halogens is 3. The Labute approximate surface area is 107 Å². The van der Waals surface area contributed by atoms with Crippen molar-refractivity contribution in [2.45, 2.75) is 25.6 Å². The molecule has 9 heteroatoms. The number of hydrogen-bond donors (Lipinski definition) is 3. The van der Waals surface area contributed by atoms with Crippen LogP contribution in [0, 0.1) is 0 Å². The topological polar surface area (TPSA) is 93.2 Å². The fraction of sp³-hybridized carbons (Fsp3) is 0.600. The minimum Gasteiger partial charge on any atom is -0.395 e. The van der Waals surface area contributed by atoms with E-state index in [0.29, 0.717) is 12.1 Å². The summed E-state index contributed by atoms with van der Waals surface area (Å²) in [5.74, 6) is -0.810. The van der Waals surface area contributed by atoms with Crippen LogP contribution in [0.15, 0.2) is 0 Å². The zero-order valence-corrected chi connectivity index (χ0v) is 10.5. The molecule has 1 atom stereocenters. The van der Waals surface area contributed by atoms with Gasteiger partial charge in [-0.05, 0) is 6.42 Å². The average molecular weight is 280 g/mol. The molecule has 0 aliphatic carbocycles. The van der Waals surface area contributed by atoms with Gasteiger partial charge in [-0.3, -0.25) is 9.48 Å². The van der Waals surface area contributed by atoms with Crippen molar-refractivity contribution in [3.05, 3.63) is 11.4 Å². The summed E-state index contributed by atoms with van der Waals surface area (Å²) in [6, 6.07) is 0. The second-order valence-corrected chi connectivity index (χ2v) is 3.95. The van der Waals surface area contributed by atoms with Crippen molar-refractivity contribution >= 4 is 11.6 Å². The van der Waals surface area contributed by atoms with Crippen LogP contribution in [0.3, 0.4) is 0 Å². The normalized spacial score (nSPS) is 13.4. The summed E-state index contributed by atoms with van der Waals surface area (Å²) in [6.45, 7) is 0.849. The Hall–Kier alpha value is -1.77. The molecule has 1 unspecified atom stereocenters. The predicted molar refractivity (Wildman–Crippen MR) is 61.4 cm³/mol. The van der Waals surface area contributed by atoms with E-state index in [1.54, 1.807) is 6.92 Å². The molecule has 0 fully saturated rings. The van der Waals surface area contributed by atoms with Gasteiger partial charge in [-0.2, -0.15) is 18.3 Å². The van der Waals surface area contributed by atoms with Crippen LogP contribution in [-0.4, -0.2) is 39.6 Å². The molecular formula is C10H15F3N4O2. The summed E-state index contributed by atoms with van der Waals surface area (Å²) in [6.07, 6.45) is -6.89. The van der Waals surface area contributed by atoms with E-state index < -0.39 is 24.7 Å². The minimum atomic E-state index is -4.78. The Morgan fingerprint density at radius 1 is 1.58 bits per heavy atom. The van der Waals surface area contributed by atoms with E-state index in [2.05, 4.69) is 5.10 Å². The molecule has 0 aliphatic rings. The number of aryl methyl sites for hydroxylation is 2. The highest BCUT2D eigenvalue weighted by Crippen LogP contribution is 2.20. The van der Waals surface area contributed by atoms with Gasteiger partial charge < -0.3 is 16.2 Å². The summed E-state index contributed by atoms with van der Waals surface area (Å²) in [5.41, 5.74) is 6.28. The lowest BCUT2D eigenvalue weighted by molar-refractivity contribution is -0.201. The smallest absolute Gasteiger partial charge is 0.395 e. The van der Waals surface area contributed by atoms with Crippen LogP contribution in [0.1, 0.15) is 23.1 Å². The number of rotatable bonds is 4. The Bertz CT molecular complexity index is 470. The fourth-order valence-electron chi connectivity index (χ4n) is 1.52. The van der Waals surface area contributed by atoms with E-state index in [1.165, 1.54) is 11.7 Å². The first-order chi connectivity index (χ1) is 8.68. The lowest BCUT2D eigenvalue weighted by Crippen LogP contribution is -2.41. The van der Waals surface area contributed by atoms with Crippen LogP contribution in [0.2, 0.25) is 0 Å². The number of aliphatic hydroxyl groups is 1. The number of nitrogen functional groups attached to an aromatic ring is 1. The standard InChI is InChI=1S/C10H15F3N4O2/c1-3-5-7(14)8(17(2)16-5)9(19)15-4-6(18)10(11,12)13/h6,18H,3-4,14H2,1-2H3,(H,15,19). The molecule has 1 rings (SSSR count). The zero-order chi connectivity index (χ0) is 14.8. The Morgan fingerprint density at radius 3 is 2.58 bits per heavy atom. The van der Waals surface area contributed by atoms with Crippen LogP contribution in [0.25, 0.3) is 0 Å². The lowest BCUT2D eigenvalue weighted by atomic mass is 10.2. The van der Waals surface area contributed by atoms with Gasteiger partial charge >= 0.3 is 6.18 Å². The third kappa shape index (κ3) is 3.37. The van der Waals surface area contributed by atoms with Crippen molar-refractivity contribution in [3.63, 3.8) is 0 Å². The minimum absolute atomic E-state index is 0.0220. The number of aromatic nitrogens is 2. The lowest BCUT2D eigenvalue weighted by Gasteiger charge is -2.15. The average Bonchev–Trinajstić information content (AvgIpc) is 2.59. The molecule has 108 valence electrons. The highest BCUT2D eigenvalue weighted by molar-refractivity contribution is 5.97. The molecule has 1 aromatic rings. The number of nitrogens with one attached hydrogen (secondary N) is 1. The molecule has 0 spiro atoms. The molecule has 6 nitrogen and oxygen atoms in total. The molecule has 0 radical (unpaired) electrons. The molecule has 19 heavy (non-hydrogen) atoms. The van der Waals surface area contributed by atoms with Crippen LogP contribution in [-0.2, 0) is 13.5 Å². The SMILES string of the molecule is CCc1nn(C)c(C(=O)NCC(O)C(F)(F)F)c1N. The number of alkyl halides is 3. The Balaban J connectivity index is 2.77. The maximum Gasteiger partial charge on any atom is 0.416 e. The molecule has 0 aromatic carbocycles. The maximum absolute atomic E-state index is 12.1. The molecule has 0 saturated carbocycles. The predicted octanol–water partition coefficient (Wildman–Crippen LogP) is 0.218. The van der Waals surface area contributed by atoms with E-state index in [-0.39, 0.29) is 11.4 Å². The van der Waals surface area contributed by atoms with E-state index >= 15 is 0 Å². The van der Waals surface area contributed by atoms with Crippen LogP contribution in [0.5, 0.6) is 0 Å². The molecule has 4 N–H and O–H groups in total. The van der Waals surface area contributed by atoms with Crippen molar-refractivity contribution in [2.75, 3.05) is 12.3 Å². The molecular weight excluding hydrogens is 265 g/mol. The van der Waals surface area contributed by atoms with Crippen LogP contribution >= 0.6 is 0 Å². The monoisotopic (exact) mass is 280 g/mol. The number of carbonyl (C=O) groups is 1. The van der Waals surface area contributed by atoms with Crippen LogP contribution in [0.4, 0.5) is 18.9 Å². The first-order valence-electron chi connectivity index (χ1n) is 5.52. The molecule has 0 aliphatic heterocycles. The fourth-order valence-corrected chi connectivity index (χ4v) is 1.52. The van der Waals surface area contributed by atoms with Gasteiger partial charge in [-0.1, -0.05) is 6.92 Å². The van der Waals surface area contributed by atoms with Crippen molar-refractivity contribution in [1.82, 2.24) is 15.1 Å². The highest BCUT2D eigenvalue weighted by Gasteiger charge is 2.38. The summed E-state index contributed by atoms with van der Waals surface area (Å²) in [5, 5.41) is 14.7. The highest BCUT2D eigenvalue weighted by atomic mass is 19.4. The molecule has 0 saturated heterocycles. The quantitative estimate of drug-likeness (QED) is 0.735. The molecule has 0 bridgehead atoms. The summed E-state index contributed by atoms with van der Waals surface area (Å²) in [4.78, 5) is 11.7. The van der Waals surface area contributed by atoms with Gasteiger partial charge in [0.25, 0.3) is 5.91 Å². The van der Waals surface area contributed by atoms with Gasteiger partial charge in [0.2, 0.25) is 0 Å². The van der Waals surface area contributed by atoms with Gasteiger partial charge in [0.15, 0.2) is 6.10 Å². The third-order valence-corrected chi connectivity index (χ3v) is 2.54. The summed E-state index contributed by atoms with van der Waals surface area (Å²) < 4.78 is 37.4. The molecule has 1 amide bonds. The Morgan fingerprint density at radius 2 is 2.16 bits per heavy atom. The largest absolute Gasteiger partial charge is 0.416 e. The van der Waals surface area contributed by atoms with E-state index in [1.807, 2.05) is 5.32 Å². The van der Waals surface area contributed by atoms with Crippen molar-refractivity contribution in [1.29, 1.82) is 0 Å². The molecule has 1 aromatic heterocycles. The summed E-state index contributed by atoms with van der Waals surface area (Å²) in [7, 11) is 1.46. The van der Waals surface area contributed by atoms with E-state index in [9.17, 15) is 18.0 Å². The van der Waals surface area contributed by atoms with Crippen molar-refractivity contribution in [3.8, 4) is 0 Å². The van der Waals surface area contributed by atoms with Gasteiger partial charge in [-0.15, -0.1) is 0 Å². The van der Waals surface area contributed by atoms with Crippen molar-refractivity contribution in [2.24, 2.45) is 7.05 Å². The Kier molecular flexibility index (Phi) is 4.40.